The monoisotopic (exact) mass is 514 g/mol. The second-order valence-corrected chi connectivity index (χ2v) is 11.5. The summed E-state index contributed by atoms with van der Waals surface area (Å²) < 4.78 is 0. The number of carboxylic acid groups (broad SMARTS) is 1. The van der Waals surface area contributed by atoms with E-state index in [1.807, 2.05) is 29.2 Å². The predicted molar refractivity (Wildman–Crippen MR) is 138 cm³/mol. The van der Waals surface area contributed by atoms with Crippen molar-refractivity contribution in [2.24, 2.45) is 11.8 Å². The van der Waals surface area contributed by atoms with Gasteiger partial charge in [0.2, 0.25) is 0 Å². The van der Waals surface area contributed by atoms with Crippen LogP contribution >= 0.6 is 22.9 Å². The molecule has 1 aromatic heterocycles. The zero-order valence-corrected chi connectivity index (χ0v) is 21.4. The summed E-state index contributed by atoms with van der Waals surface area (Å²) in [5.74, 6) is -1.89. The molecule has 2 heterocycles. The number of carbonyl (C=O) groups excluding carboxylic acids is 2. The van der Waals surface area contributed by atoms with E-state index in [0.717, 1.165) is 66.9 Å². The van der Waals surface area contributed by atoms with Crippen molar-refractivity contribution in [1.29, 1.82) is 0 Å². The number of hydrogen-bond donors (Lipinski definition) is 1. The van der Waals surface area contributed by atoms with Crippen LogP contribution in [-0.2, 0) is 28.9 Å². The third kappa shape index (κ3) is 4.98. The van der Waals surface area contributed by atoms with Crippen molar-refractivity contribution in [3.05, 3.63) is 50.2 Å². The molecule has 3 aliphatic rings. The molecule has 2 fully saturated rings. The van der Waals surface area contributed by atoms with Gasteiger partial charge >= 0.3 is 5.97 Å². The van der Waals surface area contributed by atoms with Crippen molar-refractivity contribution in [2.75, 3.05) is 31.1 Å². The van der Waals surface area contributed by atoms with Gasteiger partial charge in [-0.3, -0.25) is 14.4 Å². The summed E-state index contributed by atoms with van der Waals surface area (Å²) in [6.45, 7) is 2.75. The van der Waals surface area contributed by atoms with Crippen LogP contribution in [0.5, 0.6) is 0 Å². The number of anilines is 1. The van der Waals surface area contributed by atoms with E-state index in [0.29, 0.717) is 31.0 Å². The van der Waals surface area contributed by atoms with Crippen LogP contribution in [-0.4, -0.2) is 53.8 Å². The molecule has 2 aromatic rings. The average Bonchev–Trinajstić information content (AvgIpc) is 3.45. The zero-order chi connectivity index (χ0) is 24.5. The van der Waals surface area contributed by atoms with Crippen molar-refractivity contribution < 1.29 is 19.5 Å². The number of fused-ring (bicyclic) bond motifs is 1. The van der Waals surface area contributed by atoms with Gasteiger partial charge in [0.05, 0.1) is 11.5 Å². The van der Waals surface area contributed by atoms with E-state index in [4.69, 9.17) is 11.6 Å². The van der Waals surface area contributed by atoms with Gasteiger partial charge in [-0.2, -0.15) is 0 Å². The summed E-state index contributed by atoms with van der Waals surface area (Å²) in [4.78, 5) is 45.0. The fourth-order valence-electron chi connectivity index (χ4n) is 5.91. The molecule has 1 aromatic carbocycles. The van der Waals surface area contributed by atoms with Gasteiger partial charge in [-0.05, 0) is 61.9 Å². The zero-order valence-electron chi connectivity index (χ0n) is 19.8. The summed E-state index contributed by atoms with van der Waals surface area (Å²) >= 11 is 7.62. The van der Waals surface area contributed by atoms with Crippen molar-refractivity contribution in [2.45, 2.75) is 51.4 Å². The Bertz CT molecular complexity index is 1120. The Kier molecular flexibility index (Phi) is 7.17. The molecular weight excluding hydrogens is 484 g/mol. The molecule has 1 aliphatic heterocycles. The molecule has 0 spiro atoms. The van der Waals surface area contributed by atoms with E-state index in [1.165, 1.54) is 4.88 Å². The fourth-order valence-corrected chi connectivity index (χ4v) is 7.44. The number of aliphatic carboxylic acids is 1. The first-order valence-electron chi connectivity index (χ1n) is 12.6. The van der Waals surface area contributed by atoms with E-state index in [2.05, 4.69) is 4.90 Å². The molecule has 0 bridgehead atoms. The molecule has 2 aliphatic carbocycles. The normalized spacial score (nSPS) is 22.2. The number of Topliss-reactive ketones (excluding diaryl/α,β-unsaturated/α-hetero) is 1. The molecule has 0 radical (unpaired) electrons. The Balaban J connectivity index is 1.32. The topological polar surface area (TPSA) is 77.9 Å². The van der Waals surface area contributed by atoms with Gasteiger partial charge in [0.15, 0.2) is 0 Å². The lowest BCUT2D eigenvalue weighted by molar-refractivity contribution is -0.148. The van der Waals surface area contributed by atoms with Gasteiger partial charge in [0.1, 0.15) is 5.78 Å². The number of carboxylic acids is 1. The van der Waals surface area contributed by atoms with E-state index < -0.39 is 17.8 Å². The number of ketones is 1. The highest BCUT2D eigenvalue weighted by molar-refractivity contribution is 7.12. The van der Waals surface area contributed by atoms with Crippen LogP contribution in [0.2, 0.25) is 5.02 Å². The average molecular weight is 515 g/mol. The molecule has 1 saturated heterocycles. The predicted octanol–water partition coefficient (Wildman–Crippen LogP) is 4.86. The number of carbonyl (C=O) groups is 3. The molecule has 35 heavy (non-hydrogen) atoms. The molecule has 1 saturated carbocycles. The molecule has 2 atom stereocenters. The Morgan fingerprint density at radius 2 is 1.63 bits per heavy atom. The lowest BCUT2D eigenvalue weighted by Crippen LogP contribution is -2.49. The first-order chi connectivity index (χ1) is 16.9. The SMILES string of the molecule is O=C(O)C1CCCCC1C(=O)Cc1sc2c(c1C(=O)N1CCN(c3ccc(Cl)cc3)CC1)CCC2. The van der Waals surface area contributed by atoms with Gasteiger partial charge in [-0.1, -0.05) is 24.4 Å². The highest BCUT2D eigenvalue weighted by Gasteiger charge is 2.37. The van der Waals surface area contributed by atoms with E-state index in [1.54, 1.807) is 11.3 Å². The smallest absolute Gasteiger partial charge is 0.307 e. The number of halogens is 1. The van der Waals surface area contributed by atoms with Crippen LogP contribution in [0, 0.1) is 11.8 Å². The number of thiophene rings is 1. The summed E-state index contributed by atoms with van der Waals surface area (Å²) in [6, 6.07) is 7.77. The van der Waals surface area contributed by atoms with E-state index in [9.17, 15) is 19.5 Å². The number of benzene rings is 1. The second-order valence-electron chi connectivity index (χ2n) is 9.89. The third-order valence-corrected chi connectivity index (χ3v) is 9.34. The van der Waals surface area contributed by atoms with Crippen LogP contribution < -0.4 is 4.90 Å². The minimum absolute atomic E-state index is 0.0152. The van der Waals surface area contributed by atoms with Gasteiger partial charge in [0, 0.05) is 59.0 Å². The van der Waals surface area contributed by atoms with Crippen molar-refractivity contribution >= 4 is 46.3 Å². The second kappa shape index (κ2) is 10.3. The quantitative estimate of drug-likeness (QED) is 0.596. The summed E-state index contributed by atoms with van der Waals surface area (Å²) in [6.07, 6.45) is 6.02. The molecule has 1 amide bonds. The first kappa shape index (κ1) is 24.3. The van der Waals surface area contributed by atoms with Crippen LogP contribution in [0.1, 0.15) is 57.8 Å². The maximum atomic E-state index is 13.8. The third-order valence-electron chi connectivity index (χ3n) is 7.80. The van der Waals surface area contributed by atoms with E-state index in [-0.39, 0.29) is 18.1 Å². The van der Waals surface area contributed by atoms with Crippen molar-refractivity contribution in [1.82, 2.24) is 4.90 Å². The van der Waals surface area contributed by atoms with Crippen molar-refractivity contribution in [3.8, 4) is 0 Å². The first-order valence-corrected chi connectivity index (χ1v) is 13.8. The molecule has 2 unspecified atom stereocenters. The number of piperazine rings is 1. The standard InChI is InChI=1S/C27H31ClN2O4S/c28-17-8-10-18(11-9-17)29-12-14-30(15-13-29)26(32)25-21-6-3-7-23(21)35-24(25)16-22(31)19-4-1-2-5-20(19)27(33)34/h8-11,19-20H,1-7,12-16H2,(H,33,34). The van der Waals surface area contributed by atoms with Crippen LogP contribution in [0.15, 0.2) is 24.3 Å². The number of amides is 1. The lowest BCUT2D eigenvalue weighted by Gasteiger charge is -2.36. The highest BCUT2D eigenvalue weighted by Crippen LogP contribution is 2.39. The van der Waals surface area contributed by atoms with Crippen LogP contribution in [0.4, 0.5) is 5.69 Å². The minimum atomic E-state index is -0.869. The summed E-state index contributed by atoms with van der Waals surface area (Å²) in [7, 11) is 0. The fraction of sp³-hybridized carbons (Fsp3) is 0.519. The van der Waals surface area contributed by atoms with Gasteiger partial charge in [0.25, 0.3) is 5.91 Å². The minimum Gasteiger partial charge on any atom is -0.481 e. The largest absolute Gasteiger partial charge is 0.481 e. The van der Waals surface area contributed by atoms with Gasteiger partial charge in [-0.25, -0.2) is 0 Å². The summed E-state index contributed by atoms with van der Waals surface area (Å²) in [5.41, 5.74) is 2.96. The Morgan fingerprint density at radius 3 is 2.31 bits per heavy atom. The van der Waals surface area contributed by atoms with Crippen LogP contribution in [0.25, 0.3) is 0 Å². The molecule has 8 heteroatoms. The number of hydrogen-bond acceptors (Lipinski definition) is 5. The molecule has 5 rings (SSSR count). The molecule has 186 valence electrons. The van der Waals surface area contributed by atoms with Gasteiger partial charge in [-0.15, -0.1) is 11.3 Å². The maximum absolute atomic E-state index is 13.8. The summed E-state index contributed by atoms with van der Waals surface area (Å²) in [5, 5.41) is 10.3. The lowest BCUT2D eigenvalue weighted by atomic mass is 9.76. The highest BCUT2D eigenvalue weighted by atomic mass is 35.5. The number of rotatable bonds is 6. The Morgan fingerprint density at radius 1 is 0.943 bits per heavy atom. The van der Waals surface area contributed by atoms with E-state index >= 15 is 0 Å². The Labute approximate surface area is 214 Å². The van der Waals surface area contributed by atoms with Crippen LogP contribution in [0.3, 0.4) is 0 Å². The number of nitrogens with zero attached hydrogens (tertiary/aromatic N) is 2. The number of aryl methyl sites for hydroxylation is 1. The van der Waals surface area contributed by atoms with Gasteiger partial charge < -0.3 is 14.9 Å². The van der Waals surface area contributed by atoms with Crippen molar-refractivity contribution in [3.63, 3.8) is 0 Å². The molecular formula is C27H31ClN2O4S. The molecule has 6 nitrogen and oxygen atoms in total. The Hall–Kier alpha value is -2.38. The maximum Gasteiger partial charge on any atom is 0.307 e. The molecule has 1 N–H and O–H groups in total.